The van der Waals surface area contributed by atoms with Gasteiger partial charge in [-0.3, -0.25) is 0 Å². The molecule has 23 heavy (non-hydrogen) atoms. The fraction of sp³-hybridized carbons (Fsp3) is 0.714. The van der Waals surface area contributed by atoms with E-state index in [1.807, 2.05) is 0 Å². The number of benzene rings is 1. The van der Waals surface area contributed by atoms with Crippen molar-refractivity contribution in [3.05, 3.63) is 29.8 Å². The van der Waals surface area contributed by atoms with Crippen LogP contribution in [0.3, 0.4) is 0 Å². The Morgan fingerprint density at radius 2 is 1.52 bits per heavy atom. The van der Waals surface area contributed by atoms with Gasteiger partial charge in [0.05, 0.1) is 12.1 Å². The standard InChI is InChI=1S/C21H31NO/c1-15-9-3-8-14-19(15)22-16(2)20(17-10-4-5-11-17)23-21(22)18-12-6-7-13-18/h3,8-9,14,16-18,20-21H,4-7,10-13H2,1-2H3/t16-,20?,21?/m0/s1. The Morgan fingerprint density at radius 3 is 2.17 bits per heavy atom. The van der Waals surface area contributed by atoms with E-state index in [4.69, 9.17) is 4.74 Å². The average Bonchev–Trinajstić information content (AvgIpc) is 3.28. The van der Waals surface area contributed by atoms with E-state index in [1.165, 1.54) is 62.6 Å². The molecule has 0 amide bonds. The normalized spacial score (nSPS) is 33.0. The van der Waals surface area contributed by atoms with Crippen molar-refractivity contribution in [1.29, 1.82) is 0 Å². The van der Waals surface area contributed by atoms with Crippen molar-refractivity contribution in [2.75, 3.05) is 4.90 Å². The molecule has 4 rings (SSSR count). The van der Waals surface area contributed by atoms with Crippen LogP contribution in [0.4, 0.5) is 5.69 Å². The summed E-state index contributed by atoms with van der Waals surface area (Å²) in [5, 5.41) is 0. The summed E-state index contributed by atoms with van der Waals surface area (Å²) in [6.45, 7) is 4.65. The lowest BCUT2D eigenvalue weighted by molar-refractivity contribution is -0.0161. The molecule has 2 aliphatic carbocycles. The van der Waals surface area contributed by atoms with E-state index >= 15 is 0 Å². The van der Waals surface area contributed by atoms with Gasteiger partial charge in [0, 0.05) is 11.6 Å². The number of rotatable bonds is 3. The Hall–Kier alpha value is -1.02. The fourth-order valence-electron chi connectivity index (χ4n) is 5.31. The average molecular weight is 313 g/mol. The molecule has 2 heteroatoms. The third-order valence-electron chi connectivity index (χ3n) is 6.55. The summed E-state index contributed by atoms with van der Waals surface area (Å²) in [5.74, 6) is 1.51. The zero-order valence-electron chi connectivity index (χ0n) is 14.7. The highest BCUT2D eigenvalue weighted by Crippen LogP contribution is 2.44. The minimum absolute atomic E-state index is 0.305. The molecular formula is C21H31NO. The molecule has 0 N–H and O–H groups in total. The summed E-state index contributed by atoms with van der Waals surface area (Å²) in [6.07, 6.45) is 11.7. The van der Waals surface area contributed by atoms with E-state index in [0.717, 1.165) is 11.8 Å². The predicted octanol–water partition coefficient (Wildman–Crippen LogP) is 5.30. The van der Waals surface area contributed by atoms with Gasteiger partial charge in [-0.15, -0.1) is 0 Å². The second-order valence-corrected chi connectivity index (χ2v) is 8.01. The molecule has 1 heterocycles. The second-order valence-electron chi connectivity index (χ2n) is 8.01. The molecule has 0 radical (unpaired) electrons. The van der Waals surface area contributed by atoms with Crippen LogP contribution < -0.4 is 4.90 Å². The van der Waals surface area contributed by atoms with Crippen molar-refractivity contribution < 1.29 is 4.74 Å². The molecule has 1 aromatic carbocycles. The second kappa shape index (κ2) is 6.47. The number of ether oxygens (including phenoxy) is 1. The van der Waals surface area contributed by atoms with Gasteiger partial charge in [-0.2, -0.15) is 0 Å². The molecule has 1 saturated heterocycles. The molecule has 2 nitrogen and oxygen atoms in total. The summed E-state index contributed by atoms with van der Waals surface area (Å²) in [7, 11) is 0. The molecule has 2 unspecified atom stereocenters. The molecule has 3 atom stereocenters. The molecule has 2 saturated carbocycles. The lowest BCUT2D eigenvalue weighted by atomic mass is 9.95. The number of para-hydroxylation sites is 1. The van der Waals surface area contributed by atoms with E-state index in [1.54, 1.807) is 0 Å². The Bertz CT molecular complexity index is 530. The van der Waals surface area contributed by atoms with Gasteiger partial charge in [0.1, 0.15) is 6.23 Å². The minimum atomic E-state index is 0.305. The van der Waals surface area contributed by atoms with Crippen LogP contribution in [0.25, 0.3) is 0 Å². The first kappa shape index (κ1) is 15.5. The molecule has 126 valence electrons. The van der Waals surface area contributed by atoms with Gasteiger partial charge in [0.15, 0.2) is 0 Å². The quantitative estimate of drug-likeness (QED) is 0.751. The molecule has 0 bridgehead atoms. The SMILES string of the molecule is Cc1ccccc1N1C(C2CCCC2)OC(C2CCCC2)[C@@H]1C. The Balaban J connectivity index is 1.65. The van der Waals surface area contributed by atoms with Crippen molar-refractivity contribution in [2.45, 2.75) is 83.6 Å². The zero-order valence-corrected chi connectivity index (χ0v) is 14.7. The van der Waals surface area contributed by atoms with Crippen LogP contribution in [0.15, 0.2) is 24.3 Å². The summed E-state index contributed by atoms with van der Waals surface area (Å²) < 4.78 is 6.79. The summed E-state index contributed by atoms with van der Waals surface area (Å²) in [6, 6.07) is 9.39. The molecular weight excluding hydrogens is 282 g/mol. The first-order valence-corrected chi connectivity index (χ1v) is 9.75. The van der Waals surface area contributed by atoms with Gasteiger partial charge in [-0.1, -0.05) is 43.9 Å². The van der Waals surface area contributed by atoms with Crippen LogP contribution in [0, 0.1) is 18.8 Å². The number of hydrogen-bond donors (Lipinski definition) is 0. The number of anilines is 1. The fourth-order valence-corrected chi connectivity index (χ4v) is 5.31. The lowest BCUT2D eigenvalue weighted by Crippen LogP contribution is -2.41. The topological polar surface area (TPSA) is 12.5 Å². The van der Waals surface area contributed by atoms with Crippen molar-refractivity contribution >= 4 is 5.69 Å². The Kier molecular flexibility index (Phi) is 4.36. The van der Waals surface area contributed by atoms with Gasteiger partial charge in [0.25, 0.3) is 0 Å². The van der Waals surface area contributed by atoms with Crippen LogP contribution in [0.1, 0.15) is 63.9 Å². The largest absolute Gasteiger partial charge is 0.352 e. The van der Waals surface area contributed by atoms with E-state index in [9.17, 15) is 0 Å². The van der Waals surface area contributed by atoms with Crippen LogP contribution in [0.2, 0.25) is 0 Å². The first-order valence-electron chi connectivity index (χ1n) is 9.75. The molecule has 0 aromatic heterocycles. The van der Waals surface area contributed by atoms with Gasteiger partial charge < -0.3 is 9.64 Å². The van der Waals surface area contributed by atoms with E-state index in [0.29, 0.717) is 18.4 Å². The smallest absolute Gasteiger partial charge is 0.133 e. The molecule has 3 aliphatic rings. The van der Waals surface area contributed by atoms with E-state index in [-0.39, 0.29) is 0 Å². The maximum atomic E-state index is 6.79. The highest BCUT2D eigenvalue weighted by Gasteiger charge is 2.47. The monoisotopic (exact) mass is 313 g/mol. The molecule has 1 aromatic rings. The minimum Gasteiger partial charge on any atom is -0.352 e. The summed E-state index contributed by atoms with van der Waals surface area (Å²) >= 11 is 0. The van der Waals surface area contributed by atoms with Gasteiger partial charge in [0.2, 0.25) is 0 Å². The lowest BCUT2D eigenvalue weighted by Gasteiger charge is -2.33. The van der Waals surface area contributed by atoms with Crippen molar-refractivity contribution in [1.82, 2.24) is 0 Å². The highest BCUT2D eigenvalue weighted by molar-refractivity contribution is 5.55. The third kappa shape index (κ3) is 2.80. The zero-order chi connectivity index (χ0) is 15.8. The molecule has 1 aliphatic heterocycles. The third-order valence-corrected chi connectivity index (χ3v) is 6.55. The van der Waals surface area contributed by atoms with Crippen LogP contribution >= 0.6 is 0 Å². The number of hydrogen-bond acceptors (Lipinski definition) is 2. The van der Waals surface area contributed by atoms with Gasteiger partial charge in [-0.05, 0) is 57.1 Å². The summed E-state index contributed by atoms with van der Waals surface area (Å²) in [4.78, 5) is 2.65. The van der Waals surface area contributed by atoms with Gasteiger partial charge in [-0.25, -0.2) is 0 Å². The van der Waals surface area contributed by atoms with Gasteiger partial charge >= 0.3 is 0 Å². The first-order chi connectivity index (χ1) is 11.3. The van der Waals surface area contributed by atoms with Crippen molar-refractivity contribution in [3.8, 4) is 0 Å². The van der Waals surface area contributed by atoms with Crippen LogP contribution in [-0.4, -0.2) is 18.4 Å². The van der Waals surface area contributed by atoms with Crippen LogP contribution in [0.5, 0.6) is 0 Å². The van der Waals surface area contributed by atoms with E-state index in [2.05, 4.69) is 43.0 Å². The number of nitrogens with zero attached hydrogens (tertiary/aromatic N) is 1. The number of aryl methyl sites for hydroxylation is 1. The molecule has 3 fully saturated rings. The molecule has 0 spiro atoms. The van der Waals surface area contributed by atoms with Crippen LogP contribution in [-0.2, 0) is 4.74 Å². The Labute approximate surface area is 141 Å². The maximum absolute atomic E-state index is 6.79. The highest BCUT2D eigenvalue weighted by atomic mass is 16.5. The van der Waals surface area contributed by atoms with Crippen molar-refractivity contribution in [3.63, 3.8) is 0 Å². The Morgan fingerprint density at radius 1 is 0.913 bits per heavy atom. The van der Waals surface area contributed by atoms with E-state index < -0.39 is 0 Å². The predicted molar refractivity (Wildman–Crippen MR) is 95.7 cm³/mol. The summed E-state index contributed by atoms with van der Waals surface area (Å²) in [5.41, 5.74) is 2.79. The maximum Gasteiger partial charge on any atom is 0.133 e. The van der Waals surface area contributed by atoms with Crippen molar-refractivity contribution in [2.24, 2.45) is 11.8 Å².